The van der Waals surface area contributed by atoms with Gasteiger partial charge in [-0.05, 0) is 54.2 Å². The van der Waals surface area contributed by atoms with E-state index in [4.69, 9.17) is 12.6 Å². The van der Waals surface area contributed by atoms with Crippen molar-refractivity contribution < 1.29 is 48.5 Å². The zero-order valence-electron chi connectivity index (χ0n) is 31.5. The molecule has 3 rings (SSSR count). The van der Waals surface area contributed by atoms with Gasteiger partial charge in [0.2, 0.25) is 15.9 Å². The first-order valence-corrected chi connectivity index (χ1v) is 18.0. The lowest BCUT2D eigenvalue weighted by molar-refractivity contribution is -0.123. The van der Waals surface area contributed by atoms with Gasteiger partial charge in [0.1, 0.15) is 6.04 Å². The number of nitrogens with zero attached hydrogens (tertiary/aromatic N) is 1. The Kier molecular flexibility index (Phi) is 11.9. The lowest BCUT2D eigenvalue weighted by Crippen LogP contribution is -2.50. The summed E-state index contributed by atoms with van der Waals surface area (Å²) in [6, 6.07) is 19.7. The molecule has 0 aliphatic heterocycles. The van der Waals surface area contributed by atoms with Crippen molar-refractivity contribution >= 4 is 35.5 Å². The largest absolute Gasteiger partial charge is 0.469 e. The number of amides is 2. The highest BCUT2D eigenvalue weighted by molar-refractivity contribution is 7.89. The lowest BCUT2D eigenvalue weighted by atomic mass is 9.84. The molecule has 0 fully saturated rings. The van der Waals surface area contributed by atoms with Gasteiger partial charge in [-0.15, -0.1) is 0 Å². The van der Waals surface area contributed by atoms with Crippen molar-refractivity contribution in [1.82, 2.24) is 14.9 Å². The molecule has 0 aromatic heterocycles. The molecular formula is C33H45N4O9PS. The minimum absolute atomic E-state index is 0.0600. The highest BCUT2D eigenvalue weighted by Gasteiger charge is 2.35. The number of rotatable bonds is 18. The van der Waals surface area contributed by atoms with Crippen molar-refractivity contribution in [2.24, 2.45) is 5.92 Å². The van der Waals surface area contributed by atoms with Crippen molar-refractivity contribution in [1.29, 1.82) is 0 Å². The number of hydrogen-bond donors (Lipinski definition) is 5. The predicted molar refractivity (Wildman–Crippen MR) is 182 cm³/mol. The molecule has 3 aromatic carbocycles. The number of methoxy groups -OCH3 is 1. The van der Waals surface area contributed by atoms with Crippen LogP contribution in [0.2, 0.25) is 0 Å². The molecule has 0 bridgehead atoms. The number of nitrogen functional groups attached to an aromatic ring is 1. The van der Waals surface area contributed by atoms with Crippen LogP contribution in [0.5, 0.6) is 0 Å². The van der Waals surface area contributed by atoms with E-state index in [1.807, 2.05) is 0 Å². The monoisotopic (exact) mass is 709 g/mol. The molecule has 0 heterocycles. The number of nitrogens with two attached hydrogens (primary N) is 1. The third-order valence-electron chi connectivity index (χ3n) is 7.11. The summed E-state index contributed by atoms with van der Waals surface area (Å²) in [6.45, 7) is -0.514. The van der Waals surface area contributed by atoms with Crippen LogP contribution >= 0.6 is 7.82 Å². The van der Waals surface area contributed by atoms with E-state index in [1.54, 1.807) is 74.5 Å². The molecule has 0 aliphatic carbocycles. The van der Waals surface area contributed by atoms with Crippen molar-refractivity contribution in [3.63, 3.8) is 0 Å². The molecule has 2 amide bonds. The van der Waals surface area contributed by atoms with Crippen molar-refractivity contribution in [2.45, 2.75) is 56.0 Å². The van der Waals surface area contributed by atoms with Gasteiger partial charge >= 0.3 is 13.9 Å². The summed E-state index contributed by atoms with van der Waals surface area (Å²) in [6.07, 6.45) is -1.36. The summed E-state index contributed by atoms with van der Waals surface area (Å²) in [5.74, 6) is -2.12. The number of alkyl carbamates (subject to hydrolysis) is 1. The fraction of sp³-hybridized carbons (Fsp3) is 0.394. The minimum Gasteiger partial charge on any atom is -0.453 e. The van der Waals surface area contributed by atoms with E-state index < -0.39 is 73.9 Å². The normalized spacial score (nSPS) is 16.4. The second-order valence-electron chi connectivity index (χ2n) is 11.2. The first kappa shape index (κ1) is 31.5. The second kappa shape index (κ2) is 18.1. The topological polar surface area (TPSA) is 198 Å². The van der Waals surface area contributed by atoms with Crippen LogP contribution in [0, 0.1) is 5.92 Å². The molecule has 4 atom stereocenters. The Bertz CT molecular complexity index is 1750. The first-order valence-electron chi connectivity index (χ1n) is 17.7. The van der Waals surface area contributed by atoms with E-state index in [0.717, 1.165) is 0 Å². The van der Waals surface area contributed by atoms with Crippen LogP contribution in [0.25, 0.3) is 0 Å². The number of hydrogen-bond acceptors (Lipinski definition) is 8. The molecule has 262 valence electrons. The predicted octanol–water partition coefficient (Wildman–Crippen LogP) is 4.24. The molecule has 6 N–H and O–H groups in total. The Morgan fingerprint density at radius 3 is 2.08 bits per heavy atom. The minimum atomic E-state index is -5.28. The van der Waals surface area contributed by atoms with Crippen molar-refractivity contribution in [3.05, 3.63) is 96.1 Å². The lowest BCUT2D eigenvalue weighted by Gasteiger charge is -2.32. The van der Waals surface area contributed by atoms with E-state index in [-0.39, 0.29) is 36.4 Å². The van der Waals surface area contributed by atoms with Crippen LogP contribution in [-0.4, -0.2) is 73.3 Å². The van der Waals surface area contributed by atoms with E-state index in [1.165, 1.54) is 24.3 Å². The van der Waals surface area contributed by atoms with E-state index >= 15 is 0 Å². The van der Waals surface area contributed by atoms with Gasteiger partial charge in [-0.1, -0.05) is 80.9 Å². The number of nitrogens with one attached hydrogen (secondary N) is 2. The average molecular weight is 710 g/mol. The Labute approximate surface area is 289 Å². The molecule has 3 aromatic rings. The fourth-order valence-electron chi connectivity index (χ4n) is 4.98. The standard InChI is InChI=1S/C33H45N4O9PS/c1-24(2)22-37(48(43,44)29-19-17-27(34)18-20-29)28(23-46-47(40,41)42)16-10-11-21-35-32(38)31(36-33(39)45-3)30(25-12-6-4-7-13-25)26-14-8-5-9-15-26/h4-9,12-15,17-20,24,28,30-31H,10-11,16,21-23,34H2,1-3H3,(H,35,38)(H,36,39)(H2,40,41,42)/t28-,31-/m0/s1/i3D3,22D,23D/t22?,23?,28-,31-. The van der Waals surface area contributed by atoms with E-state index in [9.17, 15) is 32.4 Å². The molecular weight excluding hydrogens is 659 g/mol. The number of sulfonamides is 1. The molecule has 13 nitrogen and oxygen atoms in total. The van der Waals surface area contributed by atoms with Crippen LogP contribution in [-0.2, 0) is 28.6 Å². The van der Waals surface area contributed by atoms with Crippen LogP contribution in [0.1, 0.15) is 57.0 Å². The Morgan fingerprint density at radius 1 is 0.979 bits per heavy atom. The van der Waals surface area contributed by atoms with Crippen molar-refractivity contribution in [2.75, 3.05) is 32.4 Å². The van der Waals surface area contributed by atoms with E-state index in [0.29, 0.717) is 15.4 Å². The number of anilines is 1. The van der Waals surface area contributed by atoms with Crippen LogP contribution in [0.3, 0.4) is 0 Å². The quantitative estimate of drug-likeness (QED) is 0.0724. The van der Waals surface area contributed by atoms with Gasteiger partial charge < -0.3 is 30.9 Å². The number of benzene rings is 3. The molecule has 15 heteroatoms. The maximum absolute atomic E-state index is 13.9. The molecule has 0 spiro atoms. The number of phosphoric acid groups is 1. The van der Waals surface area contributed by atoms with Crippen LogP contribution in [0.15, 0.2) is 89.8 Å². The molecule has 0 aliphatic rings. The first-order chi connectivity index (χ1) is 24.7. The van der Waals surface area contributed by atoms with Gasteiger partial charge in [-0.25, -0.2) is 17.8 Å². The summed E-state index contributed by atoms with van der Waals surface area (Å²) in [5.41, 5.74) is 7.25. The van der Waals surface area contributed by atoms with Gasteiger partial charge in [0.25, 0.3) is 0 Å². The molecule has 48 heavy (non-hydrogen) atoms. The summed E-state index contributed by atoms with van der Waals surface area (Å²) < 4.78 is 88.6. The number of ether oxygens (including phenoxy) is 1. The van der Waals surface area contributed by atoms with Crippen molar-refractivity contribution in [3.8, 4) is 0 Å². The number of carbonyl (C=O) groups is 2. The number of unbranched alkanes of at least 4 members (excludes halogenated alkanes) is 1. The second-order valence-corrected chi connectivity index (χ2v) is 14.2. The summed E-state index contributed by atoms with van der Waals surface area (Å²) in [4.78, 5) is 45.2. The SMILES string of the molecule is [2H]C(OP(=O)(O)O)[C@H](CCCCNC(=O)[C@@H](NC(=O)OC([2H])([2H])[2H])C(c1ccccc1)c1ccccc1)N(C([2H])C(C)C)S(=O)(=O)c1ccc(N)cc1. The third-order valence-corrected chi connectivity index (χ3v) is 9.32. The zero-order valence-corrected chi connectivity index (χ0v) is 28.2. The zero-order chi connectivity index (χ0) is 39.6. The number of carbonyl (C=O) groups excluding carboxylic acids is 2. The van der Waals surface area contributed by atoms with Gasteiger partial charge in [0.15, 0.2) is 0 Å². The van der Waals surface area contributed by atoms with Gasteiger partial charge in [-0.2, -0.15) is 4.31 Å². The molecule has 0 saturated carbocycles. The molecule has 2 unspecified atom stereocenters. The average Bonchev–Trinajstić information content (AvgIpc) is 3.06. The number of phosphoric ester groups is 1. The Morgan fingerprint density at radius 2 is 1.56 bits per heavy atom. The van der Waals surface area contributed by atoms with Gasteiger partial charge in [0, 0.05) is 32.1 Å². The van der Waals surface area contributed by atoms with Gasteiger partial charge in [0.05, 0.1) is 24.0 Å². The van der Waals surface area contributed by atoms with Crippen LogP contribution in [0.4, 0.5) is 10.5 Å². The highest BCUT2D eigenvalue weighted by Crippen LogP contribution is 2.37. The fourth-order valence-corrected chi connectivity index (χ4v) is 6.92. The van der Waals surface area contributed by atoms with Crippen LogP contribution < -0.4 is 16.4 Å². The molecule has 0 radical (unpaired) electrons. The summed E-state index contributed by atoms with van der Waals surface area (Å²) in [5, 5.41) is 5.10. The van der Waals surface area contributed by atoms with E-state index in [2.05, 4.69) is 19.9 Å². The summed E-state index contributed by atoms with van der Waals surface area (Å²) >= 11 is 0. The summed E-state index contributed by atoms with van der Waals surface area (Å²) in [7, 11) is -12.9. The van der Waals surface area contributed by atoms with Gasteiger partial charge in [-0.3, -0.25) is 9.32 Å². The highest BCUT2D eigenvalue weighted by atomic mass is 32.2. The maximum Gasteiger partial charge on any atom is 0.469 e. The molecule has 0 saturated heterocycles. The smallest absolute Gasteiger partial charge is 0.453 e. The third kappa shape index (κ3) is 11.7. The Balaban J connectivity index is 1.88. The Hall–Kier alpha value is -3.78. The maximum atomic E-state index is 13.9.